The summed E-state index contributed by atoms with van der Waals surface area (Å²) in [5.74, 6) is 0.0939. The summed E-state index contributed by atoms with van der Waals surface area (Å²) in [5.41, 5.74) is 1.04. The molecule has 0 spiro atoms. The van der Waals surface area contributed by atoms with Crippen LogP contribution in [0, 0.1) is 0 Å². The van der Waals surface area contributed by atoms with Crippen molar-refractivity contribution in [3.8, 4) is 0 Å². The zero-order valence-corrected chi connectivity index (χ0v) is 16.1. The van der Waals surface area contributed by atoms with Crippen LogP contribution in [0.1, 0.15) is 18.5 Å². The Labute approximate surface area is 161 Å². The van der Waals surface area contributed by atoms with E-state index in [4.69, 9.17) is 23.2 Å². The maximum Gasteiger partial charge on any atom is 0.236 e. The number of nitrogens with zero attached hydrogens (tertiary/aromatic N) is 2. The van der Waals surface area contributed by atoms with Crippen molar-refractivity contribution in [1.82, 2.24) is 15.2 Å². The van der Waals surface area contributed by atoms with E-state index in [1.165, 1.54) is 11.8 Å². The van der Waals surface area contributed by atoms with Crippen LogP contribution in [0.3, 0.4) is 0 Å². The van der Waals surface area contributed by atoms with Crippen molar-refractivity contribution < 1.29 is 4.79 Å². The van der Waals surface area contributed by atoms with Crippen LogP contribution in [0.4, 0.5) is 0 Å². The first-order valence-corrected chi connectivity index (χ1v) is 9.72. The van der Waals surface area contributed by atoms with Gasteiger partial charge in [-0.05, 0) is 36.8 Å². The van der Waals surface area contributed by atoms with Gasteiger partial charge in [0.25, 0.3) is 0 Å². The van der Waals surface area contributed by atoms with Crippen LogP contribution in [0.25, 0.3) is 0 Å². The molecule has 1 N–H and O–H groups in total. The third-order valence-corrected chi connectivity index (χ3v) is 5.96. The molecule has 0 saturated carbocycles. The van der Waals surface area contributed by atoms with E-state index >= 15 is 0 Å². The first-order valence-electron chi connectivity index (χ1n) is 8.09. The predicted octanol–water partition coefficient (Wildman–Crippen LogP) is 4.04. The number of pyridine rings is 1. The summed E-state index contributed by atoms with van der Waals surface area (Å²) in [5, 5.41) is 4.32. The number of carbonyl (C=O) groups is 1. The molecule has 7 heteroatoms. The third kappa shape index (κ3) is 4.47. The number of halogens is 2. The molecule has 25 heavy (non-hydrogen) atoms. The number of rotatable bonds is 4. The summed E-state index contributed by atoms with van der Waals surface area (Å²) < 4.78 is 0. The van der Waals surface area contributed by atoms with E-state index in [0.29, 0.717) is 16.6 Å². The van der Waals surface area contributed by atoms with E-state index in [1.54, 1.807) is 24.4 Å². The normalized spacial score (nSPS) is 18.8. The van der Waals surface area contributed by atoms with Gasteiger partial charge < -0.3 is 10.2 Å². The Kier molecular flexibility index (Phi) is 6.23. The van der Waals surface area contributed by atoms with Gasteiger partial charge in [0.1, 0.15) is 0 Å². The van der Waals surface area contributed by atoms with Crippen LogP contribution in [0.2, 0.25) is 10.0 Å². The summed E-state index contributed by atoms with van der Waals surface area (Å²) in [7, 11) is 0. The van der Waals surface area contributed by atoms with Crippen LogP contribution in [-0.4, -0.2) is 40.7 Å². The van der Waals surface area contributed by atoms with Crippen LogP contribution >= 0.6 is 35.0 Å². The molecule has 2 atom stereocenters. The summed E-state index contributed by atoms with van der Waals surface area (Å²) in [6.07, 6.45) is 3.56. The molecule has 0 bridgehead atoms. The number of hydrogen-bond acceptors (Lipinski definition) is 4. The molecule has 1 saturated heterocycles. The molecule has 1 amide bonds. The summed E-state index contributed by atoms with van der Waals surface area (Å²) in [4.78, 5) is 20.0. The lowest BCUT2D eigenvalue weighted by atomic mass is 10.0. The largest absolute Gasteiger partial charge is 0.332 e. The van der Waals surface area contributed by atoms with Gasteiger partial charge in [-0.3, -0.25) is 9.78 Å². The van der Waals surface area contributed by atoms with Crippen molar-refractivity contribution >= 4 is 40.9 Å². The quantitative estimate of drug-likeness (QED) is 0.793. The van der Waals surface area contributed by atoms with Crippen LogP contribution < -0.4 is 5.32 Å². The molecular formula is C18H19Cl2N3OS. The second kappa shape index (κ2) is 8.41. The van der Waals surface area contributed by atoms with Crippen LogP contribution in [0.15, 0.2) is 47.6 Å². The average Bonchev–Trinajstić information content (AvgIpc) is 2.65. The zero-order valence-electron chi connectivity index (χ0n) is 13.8. The van der Waals surface area contributed by atoms with E-state index in [9.17, 15) is 4.79 Å². The minimum absolute atomic E-state index is 0.00664. The molecule has 1 aliphatic rings. The van der Waals surface area contributed by atoms with Gasteiger partial charge >= 0.3 is 0 Å². The fourth-order valence-electron chi connectivity index (χ4n) is 2.88. The van der Waals surface area contributed by atoms with Gasteiger partial charge in [0, 0.05) is 41.9 Å². The van der Waals surface area contributed by atoms with Gasteiger partial charge in [-0.2, -0.15) is 0 Å². The van der Waals surface area contributed by atoms with Crippen molar-refractivity contribution in [2.24, 2.45) is 0 Å². The molecule has 2 heterocycles. The molecule has 132 valence electrons. The van der Waals surface area contributed by atoms with Crippen molar-refractivity contribution in [1.29, 1.82) is 0 Å². The lowest BCUT2D eigenvalue weighted by molar-refractivity contribution is -0.133. The van der Waals surface area contributed by atoms with E-state index in [1.807, 2.05) is 30.2 Å². The van der Waals surface area contributed by atoms with Crippen LogP contribution in [-0.2, 0) is 4.79 Å². The molecule has 1 aliphatic heterocycles. The van der Waals surface area contributed by atoms with Gasteiger partial charge in [-0.1, -0.05) is 29.3 Å². The van der Waals surface area contributed by atoms with Gasteiger partial charge in [0.15, 0.2) is 0 Å². The maximum atomic E-state index is 13.1. The molecule has 1 aromatic carbocycles. The Morgan fingerprint density at radius 3 is 3.00 bits per heavy atom. The highest BCUT2D eigenvalue weighted by atomic mass is 35.5. The fourth-order valence-corrected chi connectivity index (χ4v) is 4.36. The first-order chi connectivity index (χ1) is 12.1. The van der Waals surface area contributed by atoms with Gasteiger partial charge in [-0.25, -0.2) is 0 Å². The summed E-state index contributed by atoms with van der Waals surface area (Å²) in [6.45, 7) is 4.10. The topological polar surface area (TPSA) is 45.2 Å². The second-order valence-electron chi connectivity index (χ2n) is 5.87. The minimum atomic E-state index is -0.256. The highest BCUT2D eigenvalue weighted by molar-refractivity contribution is 8.00. The molecule has 1 fully saturated rings. The van der Waals surface area contributed by atoms with Crippen molar-refractivity contribution in [2.75, 3.05) is 19.6 Å². The van der Waals surface area contributed by atoms with E-state index in [-0.39, 0.29) is 17.2 Å². The zero-order chi connectivity index (χ0) is 17.8. The number of hydrogen-bond donors (Lipinski definition) is 1. The Bertz CT molecular complexity index is 744. The Morgan fingerprint density at radius 2 is 2.24 bits per heavy atom. The third-order valence-electron chi connectivity index (χ3n) is 4.14. The molecular weight excluding hydrogens is 377 g/mol. The molecule has 4 nitrogen and oxygen atoms in total. The maximum absolute atomic E-state index is 13.1. The van der Waals surface area contributed by atoms with Crippen molar-refractivity contribution in [3.05, 3.63) is 58.3 Å². The lowest BCUT2D eigenvalue weighted by Gasteiger charge is -2.37. The van der Waals surface area contributed by atoms with Gasteiger partial charge in [0.2, 0.25) is 5.91 Å². The van der Waals surface area contributed by atoms with E-state index in [0.717, 1.165) is 23.5 Å². The Hall–Kier alpha value is -1.27. The second-order valence-corrected chi connectivity index (χ2v) is 8.10. The van der Waals surface area contributed by atoms with Crippen molar-refractivity contribution in [2.45, 2.75) is 23.1 Å². The number of carbonyl (C=O) groups excluding carboxylic acids is 1. The van der Waals surface area contributed by atoms with E-state index in [2.05, 4.69) is 10.3 Å². The smallest absolute Gasteiger partial charge is 0.236 e. The first kappa shape index (κ1) is 18.5. The molecule has 1 aromatic heterocycles. The molecule has 0 radical (unpaired) electrons. The Morgan fingerprint density at radius 1 is 1.40 bits per heavy atom. The molecule has 2 unspecified atom stereocenters. The number of aromatic nitrogens is 1. The number of thioether (sulfide) groups is 1. The molecule has 0 aliphatic carbocycles. The number of benzene rings is 1. The fraction of sp³-hybridized carbons (Fsp3) is 0.333. The van der Waals surface area contributed by atoms with Crippen LogP contribution in [0.5, 0.6) is 0 Å². The molecule has 3 rings (SSSR count). The predicted molar refractivity (Wildman–Crippen MR) is 103 cm³/mol. The average molecular weight is 396 g/mol. The molecule has 2 aromatic rings. The van der Waals surface area contributed by atoms with Gasteiger partial charge in [-0.15, -0.1) is 11.8 Å². The standard InChI is InChI=1S/C18H19Cl2N3OS/c1-12(25-17-9-14(19)4-5-15(17)20)18(24)23-8-7-22-11-16(23)13-3-2-6-21-10-13/h2-6,9-10,12,16,22H,7-8,11H2,1H3. The van der Waals surface area contributed by atoms with Crippen molar-refractivity contribution in [3.63, 3.8) is 0 Å². The monoisotopic (exact) mass is 395 g/mol. The van der Waals surface area contributed by atoms with Gasteiger partial charge in [0.05, 0.1) is 16.3 Å². The number of piperazine rings is 1. The lowest BCUT2D eigenvalue weighted by Crippen LogP contribution is -2.50. The number of nitrogens with one attached hydrogen (secondary N) is 1. The highest BCUT2D eigenvalue weighted by Crippen LogP contribution is 2.34. The minimum Gasteiger partial charge on any atom is -0.332 e. The summed E-state index contributed by atoms with van der Waals surface area (Å²) >= 11 is 13.7. The number of amides is 1. The SMILES string of the molecule is CC(Sc1cc(Cl)ccc1Cl)C(=O)N1CCNCC1c1cccnc1. The Balaban J connectivity index is 1.76. The van der Waals surface area contributed by atoms with E-state index < -0.39 is 0 Å². The highest BCUT2D eigenvalue weighted by Gasteiger charge is 2.31. The summed E-state index contributed by atoms with van der Waals surface area (Å²) in [6, 6.07) is 9.21.